The van der Waals surface area contributed by atoms with Gasteiger partial charge in [-0.1, -0.05) is 6.07 Å². The highest BCUT2D eigenvalue weighted by Gasteiger charge is 2.48. The molecule has 1 amide bonds. The van der Waals surface area contributed by atoms with Crippen LogP contribution in [0.15, 0.2) is 41.4 Å². The molecule has 3 aromatic heterocycles. The van der Waals surface area contributed by atoms with Crippen molar-refractivity contribution in [2.45, 2.75) is 24.8 Å². The smallest absolute Gasteiger partial charge is 0.227 e. The van der Waals surface area contributed by atoms with Crippen LogP contribution in [0, 0.1) is 5.92 Å². The van der Waals surface area contributed by atoms with Gasteiger partial charge in [0.25, 0.3) is 0 Å². The topological polar surface area (TPSA) is 38.1 Å². The van der Waals surface area contributed by atoms with Crippen molar-refractivity contribution in [3.8, 4) is 0 Å². The van der Waals surface area contributed by atoms with Gasteiger partial charge in [0.1, 0.15) is 0 Å². The second kappa shape index (κ2) is 5.81. The lowest BCUT2D eigenvalue weighted by Gasteiger charge is -2.35. The molecule has 1 saturated carbocycles. The highest BCUT2D eigenvalue weighted by molar-refractivity contribution is 7.10. The summed E-state index contributed by atoms with van der Waals surface area (Å²) in [5.41, 5.74) is 2.52. The van der Waals surface area contributed by atoms with Gasteiger partial charge in [-0.25, -0.2) is 0 Å². The number of hydrogen-bond donors (Lipinski definition) is 0. The molecule has 3 atom stereocenters. The number of hydrogen-bond acceptors (Lipinski definition) is 4. The van der Waals surface area contributed by atoms with Crippen molar-refractivity contribution < 1.29 is 4.79 Å². The van der Waals surface area contributed by atoms with Crippen molar-refractivity contribution in [1.82, 2.24) is 14.7 Å². The van der Waals surface area contributed by atoms with Crippen LogP contribution in [0.1, 0.15) is 39.3 Å². The number of nitrogens with zero attached hydrogens (tertiary/aromatic N) is 3. The standard InChI is InChI=1S/C19H19N3OS2/c1-21-11-12(10-20-21)14-9-15(14)19(23)22-6-4-16-13(5-8-25-16)18(22)17-3-2-7-24-17/h2-3,5,7-8,10-11,14-15,18H,4,6,9H2,1H3/t14-,15+,18-/m0/s1. The third kappa shape index (κ3) is 2.55. The highest BCUT2D eigenvalue weighted by atomic mass is 32.1. The minimum atomic E-state index is 0.0950. The van der Waals surface area contributed by atoms with Crippen LogP contribution < -0.4 is 0 Å². The van der Waals surface area contributed by atoms with Gasteiger partial charge in [-0.15, -0.1) is 22.7 Å². The maximum atomic E-state index is 13.3. The van der Waals surface area contributed by atoms with E-state index < -0.39 is 0 Å². The van der Waals surface area contributed by atoms with E-state index in [-0.39, 0.29) is 12.0 Å². The number of rotatable bonds is 3. The molecule has 4 nitrogen and oxygen atoms in total. The first-order chi connectivity index (χ1) is 12.2. The summed E-state index contributed by atoms with van der Waals surface area (Å²) in [7, 11) is 1.93. The Labute approximate surface area is 154 Å². The fourth-order valence-electron chi connectivity index (χ4n) is 3.99. The molecular weight excluding hydrogens is 350 g/mol. The van der Waals surface area contributed by atoms with E-state index in [0.29, 0.717) is 11.8 Å². The second-order valence-electron chi connectivity index (χ2n) is 6.89. The summed E-state index contributed by atoms with van der Waals surface area (Å²) in [6, 6.07) is 6.54. The van der Waals surface area contributed by atoms with E-state index in [1.54, 1.807) is 11.3 Å². The number of aromatic nitrogens is 2. The van der Waals surface area contributed by atoms with Crippen LogP contribution in [0.3, 0.4) is 0 Å². The van der Waals surface area contributed by atoms with Crippen LogP contribution in [-0.2, 0) is 18.3 Å². The maximum Gasteiger partial charge on any atom is 0.227 e. The molecule has 6 heteroatoms. The third-order valence-corrected chi connectivity index (χ3v) is 7.24. The number of aryl methyl sites for hydroxylation is 1. The zero-order chi connectivity index (χ0) is 17.0. The summed E-state index contributed by atoms with van der Waals surface area (Å²) in [4.78, 5) is 18.1. The molecule has 128 valence electrons. The number of carbonyl (C=O) groups is 1. The van der Waals surface area contributed by atoms with Crippen molar-refractivity contribution >= 4 is 28.6 Å². The Morgan fingerprint density at radius 2 is 2.20 bits per heavy atom. The number of thiophene rings is 2. The van der Waals surface area contributed by atoms with Gasteiger partial charge in [0, 0.05) is 35.5 Å². The Morgan fingerprint density at radius 3 is 2.96 bits per heavy atom. The molecule has 3 aromatic rings. The molecule has 2 aliphatic rings. The van der Waals surface area contributed by atoms with Gasteiger partial charge in [0.15, 0.2) is 0 Å². The van der Waals surface area contributed by atoms with Crippen molar-refractivity contribution in [2.24, 2.45) is 13.0 Å². The first kappa shape index (κ1) is 15.3. The number of fused-ring (bicyclic) bond motifs is 1. The molecule has 4 heterocycles. The normalized spacial score (nSPS) is 25.0. The Kier molecular flexibility index (Phi) is 3.57. The fraction of sp³-hybridized carbons (Fsp3) is 0.368. The van der Waals surface area contributed by atoms with Gasteiger partial charge in [-0.2, -0.15) is 5.10 Å². The van der Waals surface area contributed by atoms with Crippen LogP contribution in [-0.4, -0.2) is 27.1 Å². The van der Waals surface area contributed by atoms with Crippen molar-refractivity contribution in [3.63, 3.8) is 0 Å². The van der Waals surface area contributed by atoms with Crippen LogP contribution in [0.2, 0.25) is 0 Å². The molecular formula is C19H19N3OS2. The van der Waals surface area contributed by atoms with Crippen molar-refractivity contribution in [1.29, 1.82) is 0 Å². The zero-order valence-electron chi connectivity index (χ0n) is 14.0. The molecule has 1 fully saturated rings. The van der Waals surface area contributed by atoms with Crippen LogP contribution in [0.25, 0.3) is 0 Å². The minimum Gasteiger partial charge on any atom is -0.330 e. The molecule has 0 bridgehead atoms. The third-order valence-electron chi connectivity index (χ3n) is 5.32. The Hall–Kier alpha value is -1.92. The lowest BCUT2D eigenvalue weighted by atomic mass is 9.97. The summed E-state index contributed by atoms with van der Waals surface area (Å²) >= 11 is 3.57. The average molecular weight is 370 g/mol. The van der Waals surface area contributed by atoms with Crippen LogP contribution in [0.4, 0.5) is 0 Å². The molecule has 25 heavy (non-hydrogen) atoms. The van der Waals surface area contributed by atoms with E-state index >= 15 is 0 Å². The monoisotopic (exact) mass is 369 g/mol. The van der Waals surface area contributed by atoms with E-state index in [4.69, 9.17) is 0 Å². The SMILES string of the molecule is Cn1cc([C@@H]2C[C@H]2C(=O)N2CCc3sccc3[C@H]2c2cccs2)cn1. The molecule has 1 aliphatic heterocycles. The van der Waals surface area contributed by atoms with Gasteiger partial charge in [-0.3, -0.25) is 9.48 Å². The number of amides is 1. The van der Waals surface area contributed by atoms with Gasteiger partial charge in [-0.05, 0) is 52.8 Å². The zero-order valence-corrected chi connectivity index (χ0v) is 15.6. The quantitative estimate of drug-likeness (QED) is 0.704. The van der Waals surface area contributed by atoms with Crippen molar-refractivity contribution in [2.75, 3.05) is 6.54 Å². The summed E-state index contributed by atoms with van der Waals surface area (Å²) in [6.45, 7) is 0.825. The van der Waals surface area contributed by atoms with Crippen LogP contribution in [0.5, 0.6) is 0 Å². The minimum absolute atomic E-state index is 0.0950. The lowest BCUT2D eigenvalue weighted by Crippen LogP contribution is -2.40. The molecule has 0 N–H and O–H groups in total. The van der Waals surface area contributed by atoms with E-state index in [9.17, 15) is 4.79 Å². The summed E-state index contributed by atoms with van der Waals surface area (Å²) in [6.07, 6.45) is 5.88. The average Bonchev–Trinajstić information content (AvgIpc) is 3.05. The first-order valence-corrected chi connectivity index (χ1v) is 10.4. The molecule has 0 aromatic carbocycles. The molecule has 1 aliphatic carbocycles. The Bertz CT molecular complexity index is 911. The van der Waals surface area contributed by atoms with E-state index in [1.165, 1.54) is 20.9 Å². The predicted octanol–water partition coefficient (Wildman–Crippen LogP) is 3.82. The van der Waals surface area contributed by atoms with E-state index in [0.717, 1.165) is 19.4 Å². The number of carbonyl (C=O) groups excluding carboxylic acids is 1. The van der Waals surface area contributed by atoms with Gasteiger partial charge in [0.2, 0.25) is 5.91 Å². The van der Waals surface area contributed by atoms with E-state index in [1.807, 2.05) is 35.5 Å². The Morgan fingerprint density at radius 1 is 1.28 bits per heavy atom. The molecule has 0 radical (unpaired) electrons. The van der Waals surface area contributed by atoms with Crippen LogP contribution >= 0.6 is 22.7 Å². The maximum absolute atomic E-state index is 13.3. The fourth-order valence-corrected chi connectivity index (χ4v) is 5.75. The highest BCUT2D eigenvalue weighted by Crippen LogP contribution is 2.50. The van der Waals surface area contributed by atoms with E-state index in [2.05, 4.69) is 39.0 Å². The summed E-state index contributed by atoms with van der Waals surface area (Å²) in [5.74, 6) is 0.769. The molecule has 0 saturated heterocycles. The Balaban J connectivity index is 1.44. The van der Waals surface area contributed by atoms with Crippen molar-refractivity contribution in [3.05, 3.63) is 62.2 Å². The first-order valence-electron chi connectivity index (χ1n) is 8.61. The largest absolute Gasteiger partial charge is 0.330 e. The second-order valence-corrected chi connectivity index (χ2v) is 8.87. The van der Waals surface area contributed by atoms with Gasteiger partial charge < -0.3 is 4.90 Å². The van der Waals surface area contributed by atoms with Gasteiger partial charge >= 0.3 is 0 Å². The molecule has 0 spiro atoms. The summed E-state index contributed by atoms with van der Waals surface area (Å²) in [5, 5.41) is 8.52. The summed E-state index contributed by atoms with van der Waals surface area (Å²) < 4.78 is 1.82. The van der Waals surface area contributed by atoms with Gasteiger partial charge in [0.05, 0.1) is 12.2 Å². The predicted molar refractivity (Wildman–Crippen MR) is 100.0 cm³/mol. The molecule has 0 unspecified atom stereocenters. The lowest BCUT2D eigenvalue weighted by molar-refractivity contribution is -0.134. The molecule has 5 rings (SSSR count).